The van der Waals surface area contributed by atoms with E-state index in [9.17, 15) is 14.0 Å². The zero-order chi connectivity index (χ0) is 18.2. The van der Waals surface area contributed by atoms with Crippen molar-refractivity contribution in [3.63, 3.8) is 0 Å². The Hall–Kier alpha value is -1.40. The fourth-order valence-electron chi connectivity index (χ4n) is 2.85. The topological polar surface area (TPSA) is 49.4 Å². The normalized spacial score (nSPS) is 16.0. The van der Waals surface area contributed by atoms with Crippen LogP contribution in [-0.2, 0) is 4.79 Å². The smallest absolute Gasteiger partial charge is 0.230 e. The Kier molecular flexibility index (Phi) is 7.90. The van der Waals surface area contributed by atoms with Gasteiger partial charge in [0, 0.05) is 17.0 Å². The Balaban J connectivity index is 1.63. The SMILES string of the molecule is CC(=O)c1ccc(SCC(=O)NCCCN2CCC(C)CC2)c(F)c1. The minimum atomic E-state index is -0.454. The molecule has 1 aromatic carbocycles. The highest BCUT2D eigenvalue weighted by molar-refractivity contribution is 8.00. The van der Waals surface area contributed by atoms with E-state index < -0.39 is 5.82 Å². The molecule has 2 rings (SSSR count). The zero-order valence-corrected chi connectivity index (χ0v) is 15.8. The molecule has 1 aliphatic rings. The van der Waals surface area contributed by atoms with E-state index in [2.05, 4.69) is 17.1 Å². The van der Waals surface area contributed by atoms with Crippen molar-refractivity contribution in [1.82, 2.24) is 10.2 Å². The Morgan fingerprint density at radius 2 is 2.04 bits per heavy atom. The van der Waals surface area contributed by atoms with Gasteiger partial charge >= 0.3 is 0 Å². The monoisotopic (exact) mass is 366 g/mol. The molecular weight excluding hydrogens is 339 g/mol. The Labute approximate surface area is 153 Å². The minimum Gasteiger partial charge on any atom is -0.355 e. The van der Waals surface area contributed by atoms with Gasteiger partial charge in [-0.3, -0.25) is 9.59 Å². The second kappa shape index (κ2) is 9.92. The van der Waals surface area contributed by atoms with E-state index in [1.54, 1.807) is 12.1 Å². The third-order valence-electron chi connectivity index (χ3n) is 4.55. The quantitative estimate of drug-likeness (QED) is 0.435. The standard InChI is InChI=1S/C19H27FN2O2S/c1-14-6-10-22(11-7-14)9-3-8-21-19(24)13-25-18-5-4-16(15(2)23)12-17(18)20/h4-5,12,14H,3,6-11,13H2,1-2H3,(H,21,24). The summed E-state index contributed by atoms with van der Waals surface area (Å²) in [6, 6.07) is 4.37. The van der Waals surface area contributed by atoms with Crippen molar-refractivity contribution < 1.29 is 14.0 Å². The van der Waals surface area contributed by atoms with Gasteiger partial charge in [-0.2, -0.15) is 0 Å². The van der Waals surface area contributed by atoms with Crippen LogP contribution >= 0.6 is 11.8 Å². The number of nitrogens with one attached hydrogen (secondary N) is 1. The van der Waals surface area contributed by atoms with Crippen molar-refractivity contribution in [2.75, 3.05) is 31.9 Å². The van der Waals surface area contributed by atoms with Crippen LogP contribution in [0.3, 0.4) is 0 Å². The lowest BCUT2D eigenvalue weighted by atomic mass is 9.99. The first-order valence-electron chi connectivity index (χ1n) is 8.88. The molecule has 1 saturated heterocycles. The highest BCUT2D eigenvalue weighted by Gasteiger charge is 2.15. The number of carbonyl (C=O) groups excluding carboxylic acids is 2. The van der Waals surface area contributed by atoms with Gasteiger partial charge in [0.1, 0.15) is 5.82 Å². The molecule has 1 amide bonds. The average Bonchev–Trinajstić information content (AvgIpc) is 2.59. The van der Waals surface area contributed by atoms with Gasteiger partial charge in [0.25, 0.3) is 0 Å². The number of carbonyl (C=O) groups is 2. The molecule has 0 atom stereocenters. The highest BCUT2D eigenvalue weighted by Crippen LogP contribution is 2.22. The van der Waals surface area contributed by atoms with Gasteiger partial charge in [-0.1, -0.05) is 13.0 Å². The molecule has 0 bridgehead atoms. The maximum absolute atomic E-state index is 13.9. The van der Waals surface area contributed by atoms with Gasteiger partial charge in [-0.05, 0) is 63.9 Å². The lowest BCUT2D eigenvalue weighted by Gasteiger charge is -2.30. The summed E-state index contributed by atoms with van der Waals surface area (Å²) in [4.78, 5) is 25.9. The number of halogens is 1. The van der Waals surface area contributed by atoms with Crippen molar-refractivity contribution in [3.05, 3.63) is 29.6 Å². The number of hydrogen-bond donors (Lipinski definition) is 1. The van der Waals surface area contributed by atoms with Gasteiger partial charge in [0.2, 0.25) is 5.91 Å². The van der Waals surface area contributed by atoms with Crippen LogP contribution in [0.2, 0.25) is 0 Å². The first-order valence-corrected chi connectivity index (χ1v) is 9.86. The molecule has 1 N–H and O–H groups in total. The number of piperidine rings is 1. The predicted molar refractivity (Wildman–Crippen MR) is 99.6 cm³/mol. The number of hydrogen-bond acceptors (Lipinski definition) is 4. The van der Waals surface area contributed by atoms with E-state index in [0.717, 1.165) is 43.7 Å². The minimum absolute atomic E-state index is 0.0905. The summed E-state index contributed by atoms with van der Waals surface area (Å²) >= 11 is 1.15. The molecule has 138 valence electrons. The molecule has 0 saturated carbocycles. The largest absolute Gasteiger partial charge is 0.355 e. The molecule has 1 aromatic rings. The maximum Gasteiger partial charge on any atom is 0.230 e. The fraction of sp³-hybridized carbons (Fsp3) is 0.579. The number of thioether (sulfide) groups is 1. The molecule has 6 heteroatoms. The summed E-state index contributed by atoms with van der Waals surface area (Å²) in [5.41, 5.74) is 0.346. The summed E-state index contributed by atoms with van der Waals surface area (Å²) in [5.74, 6) is 0.295. The van der Waals surface area contributed by atoms with Crippen molar-refractivity contribution in [2.24, 2.45) is 5.92 Å². The lowest BCUT2D eigenvalue weighted by molar-refractivity contribution is -0.118. The molecule has 0 radical (unpaired) electrons. The summed E-state index contributed by atoms with van der Waals surface area (Å²) < 4.78 is 13.9. The van der Waals surface area contributed by atoms with Crippen molar-refractivity contribution in [3.8, 4) is 0 Å². The van der Waals surface area contributed by atoms with Crippen LogP contribution in [0.25, 0.3) is 0 Å². The summed E-state index contributed by atoms with van der Waals surface area (Å²) in [7, 11) is 0. The molecule has 4 nitrogen and oxygen atoms in total. The van der Waals surface area contributed by atoms with Gasteiger partial charge in [-0.15, -0.1) is 11.8 Å². The van der Waals surface area contributed by atoms with Crippen LogP contribution < -0.4 is 5.32 Å². The molecule has 0 spiro atoms. The van der Waals surface area contributed by atoms with Crippen molar-refractivity contribution in [2.45, 2.75) is 38.0 Å². The average molecular weight is 367 g/mol. The molecule has 1 fully saturated rings. The van der Waals surface area contributed by atoms with E-state index in [1.807, 2.05) is 0 Å². The van der Waals surface area contributed by atoms with E-state index in [-0.39, 0.29) is 17.4 Å². The van der Waals surface area contributed by atoms with E-state index in [4.69, 9.17) is 0 Å². The molecular formula is C19H27FN2O2S. The van der Waals surface area contributed by atoms with E-state index in [1.165, 1.54) is 25.8 Å². The maximum atomic E-state index is 13.9. The van der Waals surface area contributed by atoms with Crippen LogP contribution in [-0.4, -0.2) is 48.5 Å². The predicted octanol–water partition coefficient (Wildman–Crippen LogP) is 3.36. The fourth-order valence-corrected chi connectivity index (χ4v) is 3.60. The molecule has 1 aliphatic heterocycles. The highest BCUT2D eigenvalue weighted by atomic mass is 32.2. The zero-order valence-electron chi connectivity index (χ0n) is 15.0. The Morgan fingerprint density at radius 3 is 2.68 bits per heavy atom. The third kappa shape index (κ3) is 6.78. The molecule has 1 heterocycles. The van der Waals surface area contributed by atoms with Crippen LogP contribution in [0.4, 0.5) is 4.39 Å². The summed E-state index contributed by atoms with van der Waals surface area (Å²) in [6.45, 7) is 7.67. The van der Waals surface area contributed by atoms with Crippen molar-refractivity contribution >= 4 is 23.5 Å². The third-order valence-corrected chi connectivity index (χ3v) is 5.60. The van der Waals surface area contributed by atoms with Crippen LogP contribution in [0, 0.1) is 11.7 Å². The van der Waals surface area contributed by atoms with Crippen LogP contribution in [0.1, 0.15) is 43.5 Å². The number of amides is 1. The molecule has 0 aliphatic carbocycles. The number of rotatable bonds is 8. The van der Waals surface area contributed by atoms with Crippen LogP contribution in [0.15, 0.2) is 23.1 Å². The summed E-state index contributed by atoms with van der Waals surface area (Å²) in [5, 5.41) is 2.89. The van der Waals surface area contributed by atoms with E-state index in [0.29, 0.717) is 17.0 Å². The number of ketones is 1. The molecule has 0 unspecified atom stereocenters. The van der Waals surface area contributed by atoms with Crippen molar-refractivity contribution in [1.29, 1.82) is 0 Å². The Bertz CT molecular complexity index is 601. The number of benzene rings is 1. The second-order valence-electron chi connectivity index (χ2n) is 6.72. The van der Waals surface area contributed by atoms with Gasteiger partial charge < -0.3 is 10.2 Å². The molecule has 25 heavy (non-hydrogen) atoms. The van der Waals surface area contributed by atoms with Gasteiger partial charge in [0.15, 0.2) is 5.78 Å². The number of nitrogens with zero attached hydrogens (tertiary/aromatic N) is 1. The first-order chi connectivity index (χ1) is 12.0. The second-order valence-corrected chi connectivity index (χ2v) is 7.73. The number of Topliss-reactive ketones (excluding diaryl/α,β-unsaturated/α-hetero) is 1. The Morgan fingerprint density at radius 1 is 1.32 bits per heavy atom. The van der Waals surface area contributed by atoms with Crippen LogP contribution in [0.5, 0.6) is 0 Å². The lowest BCUT2D eigenvalue weighted by Crippen LogP contribution is -2.35. The summed E-state index contributed by atoms with van der Waals surface area (Å²) in [6.07, 6.45) is 3.46. The van der Waals surface area contributed by atoms with Gasteiger partial charge in [0.05, 0.1) is 5.75 Å². The van der Waals surface area contributed by atoms with Gasteiger partial charge in [-0.25, -0.2) is 4.39 Å². The first kappa shape index (κ1) is 19.9. The molecule has 0 aromatic heterocycles. The number of likely N-dealkylation sites (tertiary alicyclic amines) is 1. The van der Waals surface area contributed by atoms with E-state index >= 15 is 0 Å².